The summed E-state index contributed by atoms with van der Waals surface area (Å²) >= 11 is 1.70. The van der Waals surface area contributed by atoms with E-state index in [1.54, 1.807) is 59.2 Å². The van der Waals surface area contributed by atoms with Crippen LogP contribution in [-0.2, 0) is 18.3 Å². The molecule has 1 fully saturated rings. The molecule has 2 aromatic heterocycles. The first kappa shape index (κ1) is 20.3. The molecule has 0 aliphatic carbocycles. The highest BCUT2D eigenvalue weighted by molar-refractivity contribution is 7.13. The van der Waals surface area contributed by atoms with Gasteiger partial charge in [-0.05, 0) is 41.5 Å². The fourth-order valence-electron chi connectivity index (χ4n) is 4.27. The Balaban J connectivity index is 1.60. The summed E-state index contributed by atoms with van der Waals surface area (Å²) in [7, 11) is 5.37. The summed E-state index contributed by atoms with van der Waals surface area (Å²) in [6, 6.07) is 14.3. The van der Waals surface area contributed by atoms with Crippen LogP contribution in [0.5, 0.6) is 0 Å². The van der Waals surface area contributed by atoms with Gasteiger partial charge in [0.05, 0.1) is 5.41 Å². The molecule has 7 heteroatoms. The number of hydrogen-bond acceptors (Lipinski definition) is 4. The van der Waals surface area contributed by atoms with Crippen molar-refractivity contribution in [1.82, 2.24) is 19.6 Å². The molecule has 6 nitrogen and oxygen atoms in total. The number of likely N-dealkylation sites (tertiary alicyclic amines) is 1. The summed E-state index contributed by atoms with van der Waals surface area (Å²) in [6.07, 6.45) is 3.01. The molecule has 1 atom stereocenters. The van der Waals surface area contributed by atoms with E-state index in [0.717, 1.165) is 11.1 Å². The van der Waals surface area contributed by atoms with Gasteiger partial charge in [-0.25, -0.2) is 0 Å². The van der Waals surface area contributed by atoms with Crippen LogP contribution in [0.15, 0.2) is 54.0 Å². The monoisotopic (exact) mass is 422 g/mol. The summed E-state index contributed by atoms with van der Waals surface area (Å²) in [5.74, 6) is -0.0447. The maximum Gasteiger partial charge on any atom is 0.274 e. The molecule has 1 aliphatic rings. The lowest BCUT2D eigenvalue weighted by Crippen LogP contribution is -2.44. The van der Waals surface area contributed by atoms with Crippen molar-refractivity contribution in [3.63, 3.8) is 0 Å². The zero-order chi connectivity index (χ0) is 21.3. The molecule has 1 aliphatic heterocycles. The zero-order valence-electron chi connectivity index (χ0n) is 17.5. The average molecular weight is 423 g/mol. The molecule has 0 saturated carbocycles. The minimum Gasteiger partial charge on any atom is -0.348 e. The summed E-state index contributed by atoms with van der Waals surface area (Å²) < 4.78 is 1.62. The predicted molar refractivity (Wildman–Crippen MR) is 118 cm³/mol. The first-order chi connectivity index (χ1) is 14.4. The number of benzene rings is 1. The van der Waals surface area contributed by atoms with Crippen LogP contribution in [0, 0.1) is 5.41 Å². The van der Waals surface area contributed by atoms with E-state index < -0.39 is 5.41 Å². The Morgan fingerprint density at radius 1 is 1.20 bits per heavy atom. The molecule has 1 aromatic carbocycles. The van der Waals surface area contributed by atoms with Crippen molar-refractivity contribution in [3.8, 4) is 10.4 Å². The Labute approximate surface area is 180 Å². The van der Waals surface area contributed by atoms with Gasteiger partial charge in [-0.1, -0.05) is 30.3 Å². The normalized spacial score (nSPS) is 18.6. The Morgan fingerprint density at radius 3 is 2.70 bits per heavy atom. The highest BCUT2D eigenvalue weighted by Crippen LogP contribution is 2.37. The summed E-state index contributed by atoms with van der Waals surface area (Å²) in [5, 5.41) is 6.30. The molecule has 1 saturated heterocycles. The molecule has 0 radical (unpaired) electrons. The number of aromatic nitrogens is 2. The number of hydrogen-bond donors (Lipinski definition) is 0. The Kier molecular flexibility index (Phi) is 5.47. The van der Waals surface area contributed by atoms with Crippen LogP contribution in [0.25, 0.3) is 10.4 Å². The topological polar surface area (TPSA) is 58.4 Å². The molecular formula is C23H26N4O2S. The summed E-state index contributed by atoms with van der Waals surface area (Å²) in [5.41, 5.74) is 2.07. The van der Waals surface area contributed by atoms with Gasteiger partial charge in [-0.3, -0.25) is 14.3 Å². The molecule has 1 unspecified atom stereocenters. The highest BCUT2D eigenvalue weighted by Gasteiger charge is 2.47. The lowest BCUT2D eigenvalue weighted by Gasteiger charge is -2.31. The fourth-order valence-corrected chi connectivity index (χ4v) is 5.00. The van der Waals surface area contributed by atoms with E-state index in [1.165, 1.54) is 4.88 Å². The lowest BCUT2D eigenvalue weighted by molar-refractivity contribution is -0.138. The van der Waals surface area contributed by atoms with Crippen LogP contribution in [0.3, 0.4) is 0 Å². The second-order valence-electron chi connectivity index (χ2n) is 8.19. The van der Waals surface area contributed by atoms with Gasteiger partial charge < -0.3 is 9.80 Å². The van der Waals surface area contributed by atoms with Gasteiger partial charge in [-0.15, -0.1) is 11.3 Å². The molecule has 3 heterocycles. The maximum absolute atomic E-state index is 13.3. The number of nitrogens with zero attached hydrogens (tertiary/aromatic N) is 4. The van der Waals surface area contributed by atoms with Gasteiger partial charge in [0.15, 0.2) is 0 Å². The number of carbonyl (C=O) groups excluding carboxylic acids is 2. The molecular weight excluding hydrogens is 396 g/mol. The lowest BCUT2D eigenvalue weighted by atomic mass is 9.79. The van der Waals surface area contributed by atoms with Crippen molar-refractivity contribution in [1.29, 1.82) is 0 Å². The van der Waals surface area contributed by atoms with Gasteiger partial charge in [0.1, 0.15) is 5.69 Å². The van der Waals surface area contributed by atoms with Gasteiger partial charge in [0.25, 0.3) is 5.91 Å². The number of rotatable bonds is 5. The van der Waals surface area contributed by atoms with Crippen LogP contribution in [-0.4, -0.2) is 58.6 Å². The fraction of sp³-hybridized carbons (Fsp3) is 0.348. The van der Waals surface area contributed by atoms with Crippen LogP contribution < -0.4 is 0 Å². The number of aryl methyl sites for hydroxylation is 1. The third kappa shape index (κ3) is 3.89. The smallest absolute Gasteiger partial charge is 0.274 e. The Bertz CT molecular complexity index is 1060. The third-order valence-electron chi connectivity index (χ3n) is 5.71. The van der Waals surface area contributed by atoms with Crippen molar-refractivity contribution in [2.24, 2.45) is 12.5 Å². The third-order valence-corrected chi connectivity index (χ3v) is 6.63. The summed E-state index contributed by atoms with van der Waals surface area (Å²) in [4.78, 5) is 30.8. The standard InChI is InChI=1S/C23H26N4O2S/c1-25(2)22(29)23(10-12-27(16-23)21(28)19-9-11-26(3)24-19)15-17-6-4-7-18(14-17)20-8-5-13-30-20/h4-9,11,13-14H,10,12,15-16H2,1-3H3. The van der Waals surface area contributed by atoms with Crippen LogP contribution in [0.2, 0.25) is 0 Å². The maximum atomic E-state index is 13.3. The number of amides is 2. The molecule has 30 heavy (non-hydrogen) atoms. The van der Waals surface area contributed by atoms with Crippen LogP contribution in [0.1, 0.15) is 22.5 Å². The van der Waals surface area contributed by atoms with Gasteiger partial charge in [0, 0.05) is 45.3 Å². The minimum atomic E-state index is -0.623. The molecule has 2 amide bonds. The number of thiophene rings is 1. The van der Waals surface area contributed by atoms with E-state index in [0.29, 0.717) is 31.6 Å². The van der Waals surface area contributed by atoms with Crippen LogP contribution >= 0.6 is 11.3 Å². The SMILES string of the molecule is CN(C)C(=O)C1(Cc2cccc(-c3cccs3)c2)CCN(C(=O)c2ccn(C)n2)C1. The second-order valence-corrected chi connectivity index (χ2v) is 9.13. The quantitative estimate of drug-likeness (QED) is 0.634. The van der Waals surface area contributed by atoms with Crippen molar-refractivity contribution >= 4 is 23.2 Å². The van der Waals surface area contributed by atoms with E-state index in [9.17, 15) is 9.59 Å². The molecule has 156 valence electrons. The minimum absolute atomic E-state index is 0.0698. The van der Waals surface area contributed by atoms with E-state index in [1.807, 2.05) is 12.1 Å². The molecule has 0 spiro atoms. The van der Waals surface area contributed by atoms with E-state index in [-0.39, 0.29) is 11.8 Å². The first-order valence-electron chi connectivity index (χ1n) is 10.0. The van der Waals surface area contributed by atoms with Crippen molar-refractivity contribution in [2.75, 3.05) is 27.2 Å². The Morgan fingerprint density at radius 2 is 2.03 bits per heavy atom. The van der Waals surface area contributed by atoms with E-state index >= 15 is 0 Å². The largest absolute Gasteiger partial charge is 0.348 e. The summed E-state index contributed by atoms with van der Waals surface area (Å²) in [6.45, 7) is 0.961. The predicted octanol–water partition coefficient (Wildman–Crippen LogP) is 3.31. The van der Waals surface area contributed by atoms with Gasteiger partial charge in [-0.2, -0.15) is 5.10 Å². The number of carbonyl (C=O) groups is 2. The highest BCUT2D eigenvalue weighted by atomic mass is 32.1. The van der Waals surface area contributed by atoms with Crippen molar-refractivity contribution < 1.29 is 9.59 Å². The Hall–Kier alpha value is -2.93. The van der Waals surface area contributed by atoms with Gasteiger partial charge in [0.2, 0.25) is 5.91 Å². The van der Waals surface area contributed by atoms with E-state index in [2.05, 4.69) is 34.7 Å². The average Bonchev–Trinajstić information content (AvgIpc) is 3.48. The molecule has 3 aromatic rings. The zero-order valence-corrected chi connectivity index (χ0v) is 18.4. The van der Waals surface area contributed by atoms with E-state index in [4.69, 9.17) is 0 Å². The van der Waals surface area contributed by atoms with Gasteiger partial charge >= 0.3 is 0 Å². The molecule has 4 rings (SSSR count). The molecule has 0 bridgehead atoms. The first-order valence-corrected chi connectivity index (χ1v) is 10.9. The second kappa shape index (κ2) is 8.07. The van der Waals surface area contributed by atoms with Crippen molar-refractivity contribution in [2.45, 2.75) is 12.8 Å². The van der Waals surface area contributed by atoms with Crippen molar-refractivity contribution in [3.05, 3.63) is 65.3 Å². The molecule has 0 N–H and O–H groups in total. The van der Waals surface area contributed by atoms with Crippen LogP contribution in [0.4, 0.5) is 0 Å².